The van der Waals surface area contributed by atoms with Gasteiger partial charge in [-0.1, -0.05) is 30.3 Å². The number of fused-ring (bicyclic) bond motifs is 1. The molecular weight excluding hydrogens is 552 g/mol. The molecule has 10 heteroatoms. The lowest BCUT2D eigenvalue weighted by molar-refractivity contribution is -0.123. The van der Waals surface area contributed by atoms with Crippen LogP contribution in [-0.2, 0) is 28.2 Å². The molecule has 42 heavy (non-hydrogen) atoms. The number of alkyl carbamates (subject to hydrolysis) is 1. The molecule has 0 unspecified atom stereocenters. The summed E-state index contributed by atoms with van der Waals surface area (Å²) >= 11 is 1.59. The van der Waals surface area contributed by atoms with Crippen LogP contribution in [0.5, 0.6) is 5.75 Å². The number of amides is 2. The summed E-state index contributed by atoms with van der Waals surface area (Å²) in [7, 11) is 0. The van der Waals surface area contributed by atoms with Crippen LogP contribution in [0.15, 0.2) is 47.5 Å². The number of carbonyl (C=O) groups excluding carboxylic acids is 3. The second kappa shape index (κ2) is 13.6. The third kappa shape index (κ3) is 7.65. The summed E-state index contributed by atoms with van der Waals surface area (Å²) in [5, 5.41) is 5.76. The van der Waals surface area contributed by atoms with Crippen LogP contribution in [-0.4, -0.2) is 65.8 Å². The van der Waals surface area contributed by atoms with Crippen molar-refractivity contribution in [2.45, 2.75) is 77.3 Å². The molecule has 2 aromatic carbocycles. The van der Waals surface area contributed by atoms with Gasteiger partial charge in [0.2, 0.25) is 11.6 Å². The lowest BCUT2D eigenvalue weighted by atomic mass is 9.86. The van der Waals surface area contributed by atoms with Gasteiger partial charge in [-0.2, -0.15) is 11.8 Å². The summed E-state index contributed by atoms with van der Waals surface area (Å²) < 4.78 is 12.3. The van der Waals surface area contributed by atoms with Gasteiger partial charge in [-0.3, -0.25) is 14.6 Å². The normalized spacial score (nSPS) is 16.8. The molecule has 0 aromatic heterocycles. The zero-order valence-electron chi connectivity index (χ0n) is 25.2. The van der Waals surface area contributed by atoms with Crippen molar-refractivity contribution >= 4 is 35.9 Å². The van der Waals surface area contributed by atoms with Gasteiger partial charge in [0.15, 0.2) is 5.78 Å². The molecule has 2 amide bonds. The Labute approximate surface area is 252 Å². The van der Waals surface area contributed by atoms with Crippen molar-refractivity contribution in [2.24, 2.45) is 4.99 Å². The molecule has 1 aliphatic heterocycles. The van der Waals surface area contributed by atoms with E-state index in [2.05, 4.69) is 20.5 Å². The van der Waals surface area contributed by atoms with Crippen molar-refractivity contribution in [1.82, 2.24) is 15.5 Å². The van der Waals surface area contributed by atoms with Gasteiger partial charge < -0.3 is 25.0 Å². The Morgan fingerprint density at radius 3 is 2.52 bits per heavy atom. The minimum Gasteiger partial charge on any atom is -0.464 e. The second-order valence-electron chi connectivity index (χ2n) is 11.7. The van der Waals surface area contributed by atoms with Crippen molar-refractivity contribution in [3.05, 3.63) is 64.7 Å². The van der Waals surface area contributed by atoms with Crippen LogP contribution in [0, 0.1) is 0 Å². The van der Waals surface area contributed by atoms with Crippen molar-refractivity contribution < 1.29 is 23.9 Å². The van der Waals surface area contributed by atoms with Gasteiger partial charge >= 0.3 is 6.09 Å². The molecule has 226 valence electrons. The summed E-state index contributed by atoms with van der Waals surface area (Å²) in [6.45, 7) is 8.88. The zero-order valence-corrected chi connectivity index (χ0v) is 26.0. The van der Waals surface area contributed by atoms with Crippen LogP contribution >= 0.6 is 11.8 Å². The zero-order chi connectivity index (χ0) is 30.3. The summed E-state index contributed by atoms with van der Waals surface area (Å²) in [4.78, 5) is 45.3. The topological polar surface area (TPSA) is 109 Å². The van der Waals surface area contributed by atoms with Crippen molar-refractivity contribution in [3.8, 4) is 5.75 Å². The van der Waals surface area contributed by atoms with E-state index >= 15 is 0 Å². The fourth-order valence-electron chi connectivity index (χ4n) is 5.27. The number of nitrogens with one attached hydrogen (secondary N) is 2. The number of thioether (sulfide) groups is 1. The van der Waals surface area contributed by atoms with E-state index in [1.54, 1.807) is 32.5 Å². The molecule has 0 spiro atoms. The van der Waals surface area contributed by atoms with Crippen LogP contribution in [0.2, 0.25) is 0 Å². The number of carbonyl (C=O) groups is 3. The summed E-state index contributed by atoms with van der Waals surface area (Å²) in [6.07, 6.45) is 5.53. The average Bonchev–Trinajstić information content (AvgIpc) is 3.50. The highest BCUT2D eigenvalue weighted by atomic mass is 32.2. The third-order valence-electron chi connectivity index (χ3n) is 7.43. The number of benzene rings is 2. The van der Waals surface area contributed by atoms with Gasteiger partial charge in [-0.15, -0.1) is 0 Å². The first kappa shape index (κ1) is 31.4. The maximum atomic E-state index is 13.5. The summed E-state index contributed by atoms with van der Waals surface area (Å²) in [6, 6.07) is 12.9. The monoisotopic (exact) mass is 594 g/mol. The molecule has 0 saturated carbocycles. The quantitative estimate of drug-likeness (QED) is 0.374. The molecule has 0 radical (unpaired) electrons. The number of hydrogen-bond acceptors (Lipinski definition) is 8. The third-order valence-corrected chi connectivity index (χ3v) is 8.08. The summed E-state index contributed by atoms with van der Waals surface area (Å²) in [5.74, 6) is 1.05. The van der Waals surface area contributed by atoms with E-state index in [4.69, 9.17) is 9.47 Å². The number of hydrogen-bond donors (Lipinski definition) is 2. The van der Waals surface area contributed by atoms with Crippen molar-refractivity contribution in [3.63, 3.8) is 0 Å². The minimum atomic E-state index is -0.869. The molecule has 2 aromatic rings. The minimum absolute atomic E-state index is 0.0947. The molecule has 2 atom stereocenters. The van der Waals surface area contributed by atoms with Gasteiger partial charge in [-0.05, 0) is 76.7 Å². The Hall–Kier alpha value is -3.53. The van der Waals surface area contributed by atoms with E-state index in [9.17, 15) is 14.4 Å². The molecule has 0 saturated heterocycles. The van der Waals surface area contributed by atoms with Crippen LogP contribution in [0.4, 0.5) is 4.79 Å². The van der Waals surface area contributed by atoms with Gasteiger partial charge in [0.05, 0.1) is 12.9 Å². The number of aliphatic imine (C=N–C) groups is 1. The van der Waals surface area contributed by atoms with Crippen molar-refractivity contribution in [1.29, 1.82) is 0 Å². The smallest absolute Gasteiger partial charge is 0.408 e. The van der Waals surface area contributed by atoms with E-state index in [1.807, 2.05) is 62.0 Å². The number of Topliss-reactive ketones (excluding diaryl/α,β-unsaturated/α-hetero) is 1. The van der Waals surface area contributed by atoms with Gasteiger partial charge in [0, 0.05) is 36.2 Å². The highest BCUT2D eigenvalue weighted by molar-refractivity contribution is 7.98. The molecular formula is C32H42N4O5S. The average molecular weight is 595 g/mol. The Morgan fingerprint density at radius 1 is 1.10 bits per heavy atom. The number of ketones is 1. The summed E-state index contributed by atoms with van der Waals surface area (Å²) in [5.41, 5.74) is 1.75. The number of rotatable bonds is 11. The first-order valence-corrected chi connectivity index (χ1v) is 15.9. The molecule has 0 fully saturated rings. The maximum absolute atomic E-state index is 13.5. The van der Waals surface area contributed by atoms with Crippen LogP contribution in [0.3, 0.4) is 0 Å². The predicted octanol–water partition coefficient (Wildman–Crippen LogP) is 5.06. The first-order chi connectivity index (χ1) is 20.0. The fourth-order valence-corrected chi connectivity index (χ4v) is 5.74. The number of nitrogens with zero attached hydrogens (tertiary/aromatic N) is 2. The molecule has 4 rings (SSSR count). The highest BCUT2D eigenvalue weighted by Crippen LogP contribution is 2.37. The fraction of sp³-hybridized carbons (Fsp3) is 0.500. The largest absolute Gasteiger partial charge is 0.464 e. The predicted molar refractivity (Wildman–Crippen MR) is 166 cm³/mol. The van der Waals surface area contributed by atoms with Gasteiger partial charge in [0.1, 0.15) is 17.4 Å². The van der Waals surface area contributed by atoms with E-state index in [-0.39, 0.29) is 18.2 Å². The van der Waals surface area contributed by atoms with Crippen LogP contribution in [0.1, 0.15) is 74.0 Å². The molecule has 9 nitrogen and oxygen atoms in total. The molecule has 1 heterocycles. The second-order valence-corrected chi connectivity index (χ2v) is 12.7. The van der Waals surface area contributed by atoms with Crippen LogP contribution in [0.25, 0.3) is 0 Å². The molecule has 0 bridgehead atoms. The SMILES string of the molecule is CSCC[C@H](NC(=O)OC(C)(C)C)C(=O)NCc1c(O[C@@](C)(c2ccccc2)N2C=NCC2)ccc2c1CCCC2=O. The molecule has 2 N–H and O–H groups in total. The Morgan fingerprint density at radius 2 is 1.86 bits per heavy atom. The van der Waals surface area contributed by atoms with Gasteiger partial charge in [0.25, 0.3) is 0 Å². The van der Waals surface area contributed by atoms with Crippen molar-refractivity contribution in [2.75, 3.05) is 25.1 Å². The Kier molecular flexibility index (Phi) is 10.2. The maximum Gasteiger partial charge on any atom is 0.408 e. The lowest BCUT2D eigenvalue weighted by Crippen LogP contribution is -2.48. The van der Waals surface area contributed by atoms with E-state index in [0.717, 1.165) is 23.1 Å². The van der Waals surface area contributed by atoms with Crippen LogP contribution < -0.4 is 15.4 Å². The van der Waals surface area contributed by atoms with E-state index < -0.39 is 23.5 Å². The number of ether oxygens (including phenoxy) is 2. The molecule has 2 aliphatic rings. The molecule has 1 aliphatic carbocycles. The Balaban J connectivity index is 1.64. The standard InChI is InChI=1S/C32H42N4O5S/c1-31(2,3)41-30(39)35-26(16-19-42-5)29(38)34-20-25-23-12-9-13-27(37)24(23)14-15-28(25)40-32(4,36-18-17-33-21-36)22-10-7-6-8-11-22/h6-8,10-11,14-15,21,26H,9,12-13,16-20H2,1-5H3,(H,34,38)(H,35,39)/t26-,32-/m0/s1. The van der Waals surface area contributed by atoms with E-state index in [0.29, 0.717) is 49.4 Å². The van der Waals surface area contributed by atoms with E-state index in [1.165, 1.54) is 0 Å². The first-order valence-electron chi connectivity index (χ1n) is 14.5. The van der Waals surface area contributed by atoms with Gasteiger partial charge in [-0.25, -0.2) is 4.79 Å². The Bertz CT molecular complexity index is 1310. The lowest BCUT2D eigenvalue weighted by Gasteiger charge is -2.39. The highest BCUT2D eigenvalue weighted by Gasteiger charge is 2.37.